The highest BCUT2D eigenvalue weighted by Gasteiger charge is 2.19. The lowest BCUT2D eigenvalue weighted by atomic mass is 9.85. The highest BCUT2D eigenvalue weighted by Crippen LogP contribution is 2.48. The van der Waals surface area contributed by atoms with Crippen molar-refractivity contribution < 1.29 is 0 Å². The van der Waals surface area contributed by atoms with Crippen LogP contribution in [0.25, 0.3) is 107 Å². The summed E-state index contributed by atoms with van der Waals surface area (Å²) in [4.78, 5) is 0. The molecule has 1 heterocycles. The molecule has 0 spiro atoms. The molecule has 1 heteroatoms. The Bertz CT molecular complexity index is 3100. The van der Waals surface area contributed by atoms with Crippen LogP contribution in [0.5, 0.6) is 0 Å². The van der Waals surface area contributed by atoms with E-state index < -0.39 is 0 Å². The molecule has 0 saturated carbocycles. The van der Waals surface area contributed by atoms with Gasteiger partial charge < -0.3 is 0 Å². The molecule has 49 heavy (non-hydrogen) atoms. The Morgan fingerprint density at radius 3 is 1.43 bits per heavy atom. The van der Waals surface area contributed by atoms with Crippen molar-refractivity contribution in [3.05, 3.63) is 170 Å². The molecule has 0 fully saturated rings. The third kappa shape index (κ3) is 3.85. The average Bonchev–Trinajstić information content (AvgIpc) is 3.56. The first kappa shape index (κ1) is 27.0. The monoisotopic (exact) mass is 636 g/mol. The molecule has 11 aromatic rings. The highest BCUT2D eigenvalue weighted by molar-refractivity contribution is 7.27. The van der Waals surface area contributed by atoms with Gasteiger partial charge in [0, 0.05) is 25.6 Å². The zero-order valence-corrected chi connectivity index (χ0v) is 27.4. The summed E-state index contributed by atoms with van der Waals surface area (Å²) in [6.07, 6.45) is 0. The zero-order valence-electron chi connectivity index (χ0n) is 26.6. The smallest absolute Gasteiger partial charge is 0.0440 e. The number of rotatable bonds is 2. The lowest BCUT2D eigenvalue weighted by molar-refractivity contribution is 1.69. The fourth-order valence-electron chi connectivity index (χ4n) is 8.48. The molecule has 0 amide bonds. The van der Waals surface area contributed by atoms with Crippen molar-refractivity contribution in [1.29, 1.82) is 0 Å². The topological polar surface area (TPSA) is 0 Å². The number of benzene rings is 10. The maximum Gasteiger partial charge on any atom is 0.0440 e. The highest BCUT2D eigenvalue weighted by atomic mass is 32.1. The summed E-state index contributed by atoms with van der Waals surface area (Å²) in [5, 5.41) is 18.3. The fourth-order valence-corrected chi connectivity index (χ4v) is 9.72. The van der Waals surface area contributed by atoms with Gasteiger partial charge in [0.05, 0.1) is 0 Å². The van der Waals surface area contributed by atoms with Crippen LogP contribution < -0.4 is 0 Å². The first-order valence-electron chi connectivity index (χ1n) is 16.9. The van der Waals surface area contributed by atoms with Crippen LogP contribution in [-0.4, -0.2) is 0 Å². The molecule has 0 radical (unpaired) electrons. The van der Waals surface area contributed by atoms with Gasteiger partial charge in [0.15, 0.2) is 0 Å². The van der Waals surface area contributed by atoms with Crippen LogP contribution in [-0.2, 0) is 0 Å². The fraction of sp³-hybridized carbons (Fsp3) is 0. The Hall–Kier alpha value is -6.02. The first-order valence-corrected chi connectivity index (χ1v) is 17.7. The predicted molar refractivity (Wildman–Crippen MR) is 215 cm³/mol. The van der Waals surface area contributed by atoms with Crippen LogP contribution in [0, 0.1) is 0 Å². The molecule has 0 aliphatic heterocycles. The molecule has 0 aliphatic rings. The molecular weight excluding hydrogens is 609 g/mol. The minimum absolute atomic E-state index is 1.25. The Balaban J connectivity index is 1.21. The van der Waals surface area contributed by atoms with Crippen molar-refractivity contribution in [3.8, 4) is 22.3 Å². The minimum Gasteiger partial charge on any atom is -0.135 e. The Kier molecular flexibility index (Phi) is 5.64. The summed E-state index contributed by atoms with van der Waals surface area (Å²) in [6, 6.07) is 63.2. The Morgan fingerprint density at radius 2 is 0.755 bits per heavy atom. The molecule has 1 aromatic heterocycles. The van der Waals surface area contributed by atoms with Crippen molar-refractivity contribution in [2.75, 3.05) is 0 Å². The molecule has 0 atom stereocenters. The van der Waals surface area contributed by atoms with E-state index in [0.717, 1.165) is 0 Å². The quantitative estimate of drug-likeness (QED) is 0.131. The largest absolute Gasteiger partial charge is 0.135 e. The van der Waals surface area contributed by atoms with Gasteiger partial charge in [-0.3, -0.25) is 0 Å². The van der Waals surface area contributed by atoms with Crippen molar-refractivity contribution in [1.82, 2.24) is 0 Å². The summed E-state index contributed by atoms with van der Waals surface area (Å²) in [6.45, 7) is 0. The third-order valence-electron chi connectivity index (χ3n) is 10.6. The molecule has 0 N–H and O–H groups in total. The number of fused-ring (bicyclic) bond motifs is 13. The Morgan fingerprint density at radius 1 is 0.286 bits per heavy atom. The molecule has 0 nitrogen and oxygen atoms in total. The first-order chi connectivity index (χ1) is 24.3. The average molecular weight is 637 g/mol. The van der Waals surface area contributed by atoms with Crippen LogP contribution in [0.1, 0.15) is 0 Å². The van der Waals surface area contributed by atoms with Crippen LogP contribution in [0.15, 0.2) is 170 Å². The second-order valence-electron chi connectivity index (χ2n) is 13.2. The van der Waals surface area contributed by atoms with Crippen LogP contribution in [0.4, 0.5) is 0 Å². The Labute approximate surface area is 287 Å². The van der Waals surface area contributed by atoms with Gasteiger partial charge in [-0.2, -0.15) is 0 Å². The van der Waals surface area contributed by atoms with Gasteiger partial charge >= 0.3 is 0 Å². The van der Waals surface area contributed by atoms with Crippen molar-refractivity contribution in [2.24, 2.45) is 0 Å². The molecule has 0 unspecified atom stereocenters. The van der Waals surface area contributed by atoms with Crippen molar-refractivity contribution >= 4 is 96.1 Å². The lowest BCUT2D eigenvalue weighted by Crippen LogP contribution is -1.91. The number of hydrogen-bond acceptors (Lipinski definition) is 1. The van der Waals surface area contributed by atoms with Gasteiger partial charge in [-0.15, -0.1) is 11.3 Å². The van der Waals surface area contributed by atoms with E-state index in [0.29, 0.717) is 0 Å². The molecule has 226 valence electrons. The molecule has 10 aromatic carbocycles. The van der Waals surface area contributed by atoms with Crippen LogP contribution in [0.2, 0.25) is 0 Å². The van der Waals surface area contributed by atoms with Gasteiger partial charge in [-0.05, 0) is 99.7 Å². The maximum absolute atomic E-state index is 2.46. The summed E-state index contributed by atoms with van der Waals surface area (Å²) >= 11 is 1.92. The second-order valence-corrected chi connectivity index (χ2v) is 14.2. The van der Waals surface area contributed by atoms with Gasteiger partial charge in [-0.25, -0.2) is 0 Å². The van der Waals surface area contributed by atoms with Gasteiger partial charge in [0.1, 0.15) is 0 Å². The minimum atomic E-state index is 1.25. The normalized spacial score (nSPS) is 12.1. The summed E-state index contributed by atoms with van der Waals surface area (Å²) in [7, 11) is 0. The van der Waals surface area contributed by atoms with E-state index in [1.54, 1.807) is 0 Å². The second kappa shape index (κ2) is 10.2. The summed E-state index contributed by atoms with van der Waals surface area (Å²) < 4.78 is 2.70. The standard InChI is InChI=1S/C48H28S/c1-2-12-33-29(11-1)21-22-30-27-31(23-25-34(30)33)45-38-16-6-8-18-40(38)46(41-19-9-7-17-39(41)45)32-24-26-44-43(28-32)47-37-15-5-3-13-35(37)36-14-4-10-20-42(36)48(47)49-44/h1-28H. The van der Waals surface area contributed by atoms with E-state index in [1.807, 2.05) is 11.3 Å². The van der Waals surface area contributed by atoms with Crippen LogP contribution >= 0.6 is 11.3 Å². The predicted octanol–water partition coefficient (Wildman–Crippen LogP) is 14.3. The van der Waals surface area contributed by atoms with Gasteiger partial charge in [-0.1, -0.05) is 152 Å². The lowest BCUT2D eigenvalue weighted by Gasteiger charge is -2.18. The summed E-state index contributed by atoms with van der Waals surface area (Å²) in [5.41, 5.74) is 5.10. The van der Waals surface area contributed by atoms with E-state index in [2.05, 4.69) is 170 Å². The van der Waals surface area contributed by atoms with Gasteiger partial charge in [0.2, 0.25) is 0 Å². The van der Waals surface area contributed by atoms with Crippen LogP contribution in [0.3, 0.4) is 0 Å². The number of hydrogen-bond donors (Lipinski definition) is 0. The van der Waals surface area contributed by atoms with Crippen molar-refractivity contribution in [2.45, 2.75) is 0 Å². The summed E-state index contributed by atoms with van der Waals surface area (Å²) in [5.74, 6) is 0. The molecule has 0 bridgehead atoms. The molecule has 0 saturated heterocycles. The molecular formula is C48H28S. The third-order valence-corrected chi connectivity index (χ3v) is 11.8. The van der Waals surface area contributed by atoms with E-state index in [4.69, 9.17) is 0 Å². The van der Waals surface area contributed by atoms with Crippen molar-refractivity contribution in [3.63, 3.8) is 0 Å². The van der Waals surface area contributed by atoms with E-state index in [1.165, 1.54) is 107 Å². The van der Waals surface area contributed by atoms with Gasteiger partial charge in [0.25, 0.3) is 0 Å². The van der Waals surface area contributed by atoms with E-state index in [-0.39, 0.29) is 0 Å². The zero-order chi connectivity index (χ0) is 32.1. The maximum atomic E-state index is 2.46. The van der Waals surface area contributed by atoms with E-state index >= 15 is 0 Å². The molecule has 11 rings (SSSR count). The number of thiophene rings is 1. The molecule has 0 aliphatic carbocycles. The van der Waals surface area contributed by atoms with E-state index in [9.17, 15) is 0 Å². The SMILES string of the molecule is c1ccc2c(c1)ccc1cc(-c3c4ccccc4c(-c4ccc5sc6c7ccccc7c7ccccc7c6c5c4)c4ccccc34)ccc12.